The summed E-state index contributed by atoms with van der Waals surface area (Å²) >= 11 is 0. The predicted octanol–water partition coefficient (Wildman–Crippen LogP) is 1.09. The van der Waals surface area contributed by atoms with Crippen LogP contribution in [0.15, 0.2) is 24.3 Å². The fourth-order valence-corrected chi connectivity index (χ4v) is 1.55. The Kier molecular flexibility index (Phi) is 6.02. The zero-order valence-electron chi connectivity index (χ0n) is 11.5. The Morgan fingerprint density at radius 3 is 2.37 bits per heavy atom. The van der Waals surface area contributed by atoms with Gasteiger partial charge in [-0.1, -0.05) is 12.1 Å². The Labute approximate surface area is 113 Å². The first kappa shape index (κ1) is 15.2. The average molecular weight is 264 g/mol. The number of benzene rings is 1. The summed E-state index contributed by atoms with van der Waals surface area (Å²) in [7, 11) is 1.62. The molecule has 0 saturated heterocycles. The molecule has 1 rings (SSSR count). The van der Waals surface area contributed by atoms with Crippen molar-refractivity contribution in [3.63, 3.8) is 0 Å². The Hall–Kier alpha value is -1.88. The van der Waals surface area contributed by atoms with Crippen molar-refractivity contribution in [2.24, 2.45) is 0 Å². The molecule has 5 heteroatoms. The summed E-state index contributed by atoms with van der Waals surface area (Å²) in [5.74, 6) is -0.456. The monoisotopic (exact) mass is 264 g/mol. The largest absolute Gasteiger partial charge is 0.380 e. The number of methoxy groups -OCH3 is 1. The highest BCUT2D eigenvalue weighted by Gasteiger charge is 2.08. The third-order valence-corrected chi connectivity index (χ3v) is 2.39. The van der Waals surface area contributed by atoms with Crippen molar-refractivity contribution in [2.75, 3.05) is 13.7 Å². The predicted molar refractivity (Wildman–Crippen MR) is 72.8 cm³/mol. The maximum Gasteiger partial charge on any atom is 0.251 e. The van der Waals surface area contributed by atoms with Crippen molar-refractivity contribution < 1.29 is 14.3 Å². The van der Waals surface area contributed by atoms with Crippen LogP contribution in [-0.4, -0.2) is 31.5 Å². The second-order valence-corrected chi connectivity index (χ2v) is 4.53. The Balaban J connectivity index is 2.47. The molecule has 104 valence electrons. The lowest BCUT2D eigenvalue weighted by Gasteiger charge is -2.09. The van der Waals surface area contributed by atoms with Crippen LogP contribution < -0.4 is 10.6 Å². The minimum Gasteiger partial charge on any atom is -0.380 e. The smallest absolute Gasteiger partial charge is 0.251 e. The zero-order valence-corrected chi connectivity index (χ0v) is 11.5. The highest BCUT2D eigenvalue weighted by Crippen LogP contribution is 2.05. The van der Waals surface area contributed by atoms with Crippen LogP contribution in [0.2, 0.25) is 0 Å². The van der Waals surface area contributed by atoms with Crippen LogP contribution in [0.3, 0.4) is 0 Å². The van der Waals surface area contributed by atoms with Gasteiger partial charge in [-0.2, -0.15) is 0 Å². The summed E-state index contributed by atoms with van der Waals surface area (Å²) < 4.78 is 4.99. The first-order chi connectivity index (χ1) is 9.02. The van der Waals surface area contributed by atoms with Crippen molar-refractivity contribution in [3.8, 4) is 0 Å². The Morgan fingerprint density at radius 2 is 1.84 bits per heavy atom. The third kappa shape index (κ3) is 5.52. The molecule has 0 aliphatic rings. The first-order valence-electron chi connectivity index (χ1n) is 6.18. The molecule has 0 aliphatic heterocycles. The Bertz CT molecular complexity index is 427. The number of nitrogens with one attached hydrogen (secondary N) is 2. The van der Waals surface area contributed by atoms with E-state index in [1.165, 1.54) is 0 Å². The molecule has 0 bridgehead atoms. The quantitative estimate of drug-likeness (QED) is 0.808. The van der Waals surface area contributed by atoms with Gasteiger partial charge in [0.25, 0.3) is 5.91 Å². The number of ether oxygens (including phenoxy) is 1. The standard InChI is InChI=1S/C14H20N2O3/c1-10(2)16-13(17)8-15-14(18)12-6-4-11(5-7-12)9-19-3/h4-7,10H,8-9H2,1-3H3,(H,15,18)(H,16,17). The zero-order chi connectivity index (χ0) is 14.3. The fourth-order valence-electron chi connectivity index (χ4n) is 1.55. The van der Waals surface area contributed by atoms with Crippen molar-refractivity contribution in [1.29, 1.82) is 0 Å². The molecule has 0 fully saturated rings. The number of amides is 2. The maximum atomic E-state index is 11.8. The molecule has 0 radical (unpaired) electrons. The number of rotatable bonds is 6. The third-order valence-electron chi connectivity index (χ3n) is 2.39. The molecule has 0 unspecified atom stereocenters. The van der Waals surface area contributed by atoms with Gasteiger partial charge in [-0.15, -0.1) is 0 Å². The van der Waals surface area contributed by atoms with E-state index >= 15 is 0 Å². The van der Waals surface area contributed by atoms with E-state index in [-0.39, 0.29) is 24.4 Å². The van der Waals surface area contributed by atoms with Crippen LogP contribution >= 0.6 is 0 Å². The lowest BCUT2D eigenvalue weighted by Crippen LogP contribution is -2.39. The Morgan fingerprint density at radius 1 is 1.21 bits per heavy atom. The topological polar surface area (TPSA) is 67.4 Å². The second kappa shape index (κ2) is 7.53. The SMILES string of the molecule is COCc1ccc(C(=O)NCC(=O)NC(C)C)cc1. The van der Waals surface area contributed by atoms with Crippen molar-refractivity contribution in [2.45, 2.75) is 26.5 Å². The molecule has 5 nitrogen and oxygen atoms in total. The van der Waals surface area contributed by atoms with Crippen molar-refractivity contribution >= 4 is 11.8 Å². The summed E-state index contributed by atoms with van der Waals surface area (Å²) in [4.78, 5) is 23.2. The van der Waals surface area contributed by atoms with Crippen molar-refractivity contribution in [1.82, 2.24) is 10.6 Å². The summed E-state index contributed by atoms with van der Waals surface area (Å²) in [5, 5.41) is 5.28. The molecule has 2 N–H and O–H groups in total. The van der Waals surface area contributed by atoms with Gasteiger partial charge in [0.15, 0.2) is 0 Å². The van der Waals surface area contributed by atoms with E-state index in [1.807, 2.05) is 26.0 Å². The van der Waals surface area contributed by atoms with Crippen LogP contribution in [0.1, 0.15) is 29.8 Å². The molecule has 0 aliphatic carbocycles. The van der Waals surface area contributed by atoms with Gasteiger partial charge in [-0.3, -0.25) is 9.59 Å². The minimum absolute atomic E-state index is 0.0170. The fraction of sp³-hybridized carbons (Fsp3) is 0.429. The molecular weight excluding hydrogens is 244 g/mol. The van der Waals surface area contributed by atoms with E-state index < -0.39 is 0 Å². The highest BCUT2D eigenvalue weighted by molar-refractivity contribution is 5.96. The maximum absolute atomic E-state index is 11.8. The molecule has 0 saturated carbocycles. The van der Waals surface area contributed by atoms with Gasteiger partial charge in [0.2, 0.25) is 5.91 Å². The van der Waals surface area contributed by atoms with Crippen LogP contribution in [-0.2, 0) is 16.1 Å². The van der Waals surface area contributed by atoms with Gasteiger partial charge in [0.05, 0.1) is 13.2 Å². The average Bonchev–Trinajstić information content (AvgIpc) is 2.36. The first-order valence-corrected chi connectivity index (χ1v) is 6.18. The van der Waals surface area contributed by atoms with Gasteiger partial charge >= 0.3 is 0 Å². The molecule has 0 atom stereocenters. The molecule has 0 spiro atoms. The van der Waals surface area contributed by atoms with Crippen LogP contribution in [0.25, 0.3) is 0 Å². The lowest BCUT2D eigenvalue weighted by atomic mass is 10.1. The van der Waals surface area contributed by atoms with Gasteiger partial charge in [0.1, 0.15) is 0 Å². The van der Waals surface area contributed by atoms with E-state index in [2.05, 4.69) is 10.6 Å². The summed E-state index contributed by atoms with van der Waals surface area (Å²) in [5.41, 5.74) is 1.52. The lowest BCUT2D eigenvalue weighted by molar-refractivity contribution is -0.120. The molecule has 0 heterocycles. The minimum atomic E-state index is -0.261. The van der Waals surface area contributed by atoms with Crippen molar-refractivity contribution in [3.05, 3.63) is 35.4 Å². The van der Waals surface area contributed by atoms with E-state index in [9.17, 15) is 9.59 Å². The van der Waals surface area contributed by atoms with Gasteiger partial charge in [-0.05, 0) is 31.5 Å². The number of carbonyl (C=O) groups is 2. The van der Waals surface area contributed by atoms with E-state index in [0.717, 1.165) is 5.56 Å². The number of hydrogen-bond donors (Lipinski definition) is 2. The normalized spacial score (nSPS) is 10.3. The van der Waals surface area contributed by atoms with E-state index in [4.69, 9.17) is 4.74 Å². The van der Waals surface area contributed by atoms with Crippen LogP contribution in [0.4, 0.5) is 0 Å². The molecule has 0 aromatic heterocycles. The second-order valence-electron chi connectivity index (χ2n) is 4.53. The highest BCUT2D eigenvalue weighted by atomic mass is 16.5. The van der Waals surface area contributed by atoms with E-state index in [0.29, 0.717) is 12.2 Å². The van der Waals surface area contributed by atoms with Crippen LogP contribution in [0, 0.1) is 0 Å². The van der Waals surface area contributed by atoms with Gasteiger partial charge in [0, 0.05) is 18.7 Å². The molecular formula is C14H20N2O3. The molecule has 19 heavy (non-hydrogen) atoms. The van der Waals surface area contributed by atoms with Crippen LogP contribution in [0.5, 0.6) is 0 Å². The number of hydrogen-bond acceptors (Lipinski definition) is 3. The summed E-state index contributed by atoms with van der Waals surface area (Å²) in [6, 6.07) is 7.14. The van der Waals surface area contributed by atoms with Gasteiger partial charge in [-0.25, -0.2) is 0 Å². The number of carbonyl (C=O) groups excluding carboxylic acids is 2. The molecule has 1 aromatic carbocycles. The van der Waals surface area contributed by atoms with Gasteiger partial charge < -0.3 is 15.4 Å². The molecule has 1 aromatic rings. The van der Waals surface area contributed by atoms with E-state index in [1.54, 1.807) is 19.2 Å². The summed E-state index contributed by atoms with van der Waals surface area (Å²) in [6.07, 6.45) is 0. The summed E-state index contributed by atoms with van der Waals surface area (Å²) in [6.45, 7) is 4.23. The molecule has 2 amide bonds.